The Morgan fingerprint density at radius 3 is 2.67 bits per heavy atom. The van der Waals surface area contributed by atoms with Gasteiger partial charge in [-0.05, 0) is 37.6 Å². The summed E-state index contributed by atoms with van der Waals surface area (Å²) >= 11 is 3.33. The number of para-hydroxylation sites is 1. The van der Waals surface area contributed by atoms with Crippen LogP contribution < -0.4 is 4.74 Å². The van der Waals surface area contributed by atoms with E-state index >= 15 is 0 Å². The van der Waals surface area contributed by atoms with E-state index in [0.717, 1.165) is 4.47 Å². The van der Waals surface area contributed by atoms with Crippen LogP contribution in [0.1, 0.15) is 24.2 Å². The molecular formula is C15H14BrNO4. The molecule has 1 N–H and O–H groups in total. The first kappa shape index (κ1) is 15.5. The quantitative estimate of drug-likeness (QED) is 0.649. The van der Waals surface area contributed by atoms with Crippen LogP contribution in [0.3, 0.4) is 0 Å². The van der Waals surface area contributed by atoms with E-state index in [1.165, 1.54) is 6.07 Å². The van der Waals surface area contributed by atoms with E-state index in [-0.39, 0.29) is 11.4 Å². The third-order valence-corrected chi connectivity index (χ3v) is 3.52. The van der Waals surface area contributed by atoms with Gasteiger partial charge in [-0.2, -0.15) is 0 Å². The lowest BCUT2D eigenvalue weighted by Gasteiger charge is -2.15. The number of ether oxygens (including phenoxy) is 1. The van der Waals surface area contributed by atoms with E-state index < -0.39 is 11.0 Å². The second kappa shape index (κ2) is 6.24. The summed E-state index contributed by atoms with van der Waals surface area (Å²) in [6.07, 6.45) is -0.749. The summed E-state index contributed by atoms with van der Waals surface area (Å²) in [5.74, 6) is 0.581. The largest absolute Gasteiger partial charge is 0.449 e. The normalized spacial score (nSPS) is 12.0. The van der Waals surface area contributed by atoms with Crippen molar-refractivity contribution in [2.24, 2.45) is 0 Å². The van der Waals surface area contributed by atoms with Gasteiger partial charge in [0.25, 0.3) is 0 Å². The number of nitro benzene ring substituents is 1. The van der Waals surface area contributed by atoms with Gasteiger partial charge in [0.15, 0.2) is 0 Å². The Hall–Kier alpha value is -1.92. The zero-order valence-corrected chi connectivity index (χ0v) is 13.1. The fourth-order valence-corrected chi connectivity index (χ4v) is 2.34. The highest BCUT2D eigenvalue weighted by Crippen LogP contribution is 2.38. The highest BCUT2D eigenvalue weighted by molar-refractivity contribution is 9.10. The Bertz CT molecular complexity index is 685. The molecule has 0 radical (unpaired) electrons. The molecule has 0 aromatic heterocycles. The molecule has 0 saturated heterocycles. The Balaban J connectivity index is 2.51. The SMILES string of the molecule is Cc1cccc([N+](=O)[O-])c1Oc1ccc(Br)cc1C(C)O. The van der Waals surface area contributed by atoms with Gasteiger partial charge in [0.05, 0.1) is 11.0 Å². The maximum absolute atomic E-state index is 11.1. The predicted octanol–water partition coefficient (Wildman–Crippen LogP) is 4.51. The summed E-state index contributed by atoms with van der Waals surface area (Å²) in [4.78, 5) is 10.6. The minimum absolute atomic E-state index is 0.102. The molecule has 0 amide bonds. The number of nitrogens with zero attached hydrogens (tertiary/aromatic N) is 1. The molecule has 0 aliphatic heterocycles. The van der Waals surface area contributed by atoms with Gasteiger partial charge in [0, 0.05) is 16.1 Å². The number of rotatable bonds is 4. The van der Waals surface area contributed by atoms with Crippen LogP contribution in [-0.2, 0) is 0 Å². The van der Waals surface area contributed by atoms with Crippen molar-refractivity contribution < 1.29 is 14.8 Å². The molecule has 1 unspecified atom stereocenters. The first-order valence-corrected chi connectivity index (χ1v) is 7.09. The Kier molecular flexibility index (Phi) is 4.59. The lowest BCUT2D eigenvalue weighted by Crippen LogP contribution is -2.00. The molecule has 0 bridgehead atoms. The summed E-state index contributed by atoms with van der Waals surface area (Å²) in [6, 6.07) is 9.89. The molecule has 1 atom stereocenters. The lowest BCUT2D eigenvalue weighted by atomic mass is 10.1. The number of aliphatic hydroxyl groups excluding tert-OH is 1. The van der Waals surface area contributed by atoms with Crippen LogP contribution in [0.15, 0.2) is 40.9 Å². The summed E-state index contributed by atoms with van der Waals surface area (Å²) in [5.41, 5.74) is 1.11. The lowest BCUT2D eigenvalue weighted by molar-refractivity contribution is -0.385. The van der Waals surface area contributed by atoms with Gasteiger partial charge < -0.3 is 9.84 Å². The monoisotopic (exact) mass is 351 g/mol. The molecule has 2 rings (SSSR count). The topological polar surface area (TPSA) is 72.6 Å². The van der Waals surface area contributed by atoms with Gasteiger partial charge in [-0.1, -0.05) is 28.1 Å². The molecule has 0 heterocycles. The molecular weight excluding hydrogens is 338 g/mol. The molecule has 6 heteroatoms. The zero-order chi connectivity index (χ0) is 15.6. The van der Waals surface area contributed by atoms with Crippen molar-refractivity contribution in [3.63, 3.8) is 0 Å². The number of halogens is 1. The van der Waals surface area contributed by atoms with Gasteiger partial charge in [0.1, 0.15) is 5.75 Å². The van der Waals surface area contributed by atoms with Crippen LogP contribution in [0.25, 0.3) is 0 Å². The van der Waals surface area contributed by atoms with Crippen molar-refractivity contribution in [3.05, 3.63) is 62.1 Å². The minimum atomic E-state index is -0.749. The number of hydrogen-bond donors (Lipinski definition) is 1. The molecule has 2 aromatic carbocycles. The Morgan fingerprint density at radius 2 is 2.05 bits per heavy atom. The number of aryl methyl sites for hydroxylation is 1. The zero-order valence-electron chi connectivity index (χ0n) is 11.5. The first-order valence-electron chi connectivity index (χ1n) is 6.29. The second-order valence-electron chi connectivity index (χ2n) is 4.64. The molecule has 0 spiro atoms. The number of hydrogen-bond acceptors (Lipinski definition) is 4. The van der Waals surface area contributed by atoms with Crippen molar-refractivity contribution in [2.75, 3.05) is 0 Å². The average molecular weight is 352 g/mol. The van der Waals surface area contributed by atoms with E-state index in [0.29, 0.717) is 16.9 Å². The summed E-state index contributed by atoms with van der Waals surface area (Å²) in [7, 11) is 0. The highest BCUT2D eigenvalue weighted by atomic mass is 79.9. The fraction of sp³-hybridized carbons (Fsp3) is 0.200. The van der Waals surface area contributed by atoms with Gasteiger partial charge >= 0.3 is 5.69 Å². The highest BCUT2D eigenvalue weighted by Gasteiger charge is 2.20. The van der Waals surface area contributed by atoms with E-state index in [9.17, 15) is 15.2 Å². The van der Waals surface area contributed by atoms with Crippen LogP contribution in [0.5, 0.6) is 11.5 Å². The molecule has 0 aliphatic carbocycles. The number of benzene rings is 2. The number of nitro groups is 1. The molecule has 5 nitrogen and oxygen atoms in total. The molecule has 0 fully saturated rings. The fourth-order valence-electron chi connectivity index (χ4n) is 1.96. The summed E-state index contributed by atoms with van der Waals surface area (Å²) in [5, 5.41) is 20.9. The number of aliphatic hydroxyl groups is 1. The van der Waals surface area contributed by atoms with Crippen LogP contribution in [-0.4, -0.2) is 10.0 Å². The molecule has 110 valence electrons. The molecule has 21 heavy (non-hydrogen) atoms. The predicted molar refractivity (Wildman–Crippen MR) is 82.7 cm³/mol. The van der Waals surface area contributed by atoms with Gasteiger partial charge in [0.2, 0.25) is 5.75 Å². The standard InChI is InChI=1S/C15H14BrNO4/c1-9-4-3-5-13(17(19)20)15(9)21-14-7-6-11(16)8-12(14)10(2)18/h3-8,10,18H,1-2H3. The molecule has 0 saturated carbocycles. The third kappa shape index (κ3) is 3.40. The van der Waals surface area contributed by atoms with Crippen LogP contribution >= 0.6 is 15.9 Å². The van der Waals surface area contributed by atoms with Crippen molar-refractivity contribution in [1.82, 2.24) is 0 Å². The smallest absolute Gasteiger partial charge is 0.311 e. The maximum Gasteiger partial charge on any atom is 0.311 e. The minimum Gasteiger partial charge on any atom is -0.449 e. The van der Waals surface area contributed by atoms with Gasteiger partial charge in [-0.25, -0.2) is 0 Å². The average Bonchev–Trinajstić information content (AvgIpc) is 2.42. The van der Waals surface area contributed by atoms with Crippen LogP contribution in [0, 0.1) is 17.0 Å². The van der Waals surface area contributed by atoms with E-state index in [1.807, 2.05) is 0 Å². The van der Waals surface area contributed by atoms with E-state index in [2.05, 4.69) is 15.9 Å². The van der Waals surface area contributed by atoms with Crippen LogP contribution in [0.2, 0.25) is 0 Å². The van der Waals surface area contributed by atoms with Crippen molar-refractivity contribution in [2.45, 2.75) is 20.0 Å². The van der Waals surface area contributed by atoms with Gasteiger partial charge in [-0.15, -0.1) is 0 Å². The van der Waals surface area contributed by atoms with Crippen LogP contribution in [0.4, 0.5) is 5.69 Å². The molecule has 2 aromatic rings. The van der Waals surface area contributed by atoms with E-state index in [4.69, 9.17) is 4.74 Å². The Morgan fingerprint density at radius 1 is 1.33 bits per heavy atom. The summed E-state index contributed by atoms with van der Waals surface area (Å²) < 4.78 is 6.52. The van der Waals surface area contributed by atoms with Crippen molar-refractivity contribution in [3.8, 4) is 11.5 Å². The van der Waals surface area contributed by atoms with Crippen molar-refractivity contribution >= 4 is 21.6 Å². The molecule has 0 aliphatic rings. The second-order valence-corrected chi connectivity index (χ2v) is 5.56. The maximum atomic E-state index is 11.1. The van der Waals surface area contributed by atoms with Crippen molar-refractivity contribution in [1.29, 1.82) is 0 Å². The van der Waals surface area contributed by atoms with Gasteiger partial charge in [-0.3, -0.25) is 10.1 Å². The first-order chi connectivity index (χ1) is 9.90. The Labute approximate surface area is 130 Å². The van der Waals surface area contributed by atoms with E-state index in [1.54, 1.807) is 44.2 Å². The third-order valence-electron chi connectivity index (χ3n) is 3.02. The summed E-state index contributed by atoms with van der Waals surface area (Å²) in [6.45, 7) is 3.35.